The summed E-state index contributed by atoms with van der Waals surface area (Å²) in [6, 6.07) is 7.70. The number of piperidine rings is 1. The van der Waals surface area contributed by atoms with Gasteiger partial charge in [0.2, 0.25) is 0 Å². The lowest BCUT2D eigenvalue weighted by molar-refractivity contribution is 0.0956. The van der Waals surface area contributed by atoms with E-state index in [1.807, 2.05) is 31.2 Å². The summed E-state index contributed by atoms with van der Waals surface area (Å²) in [6.07, 6.45) is 2.53. The van der Waals surface area contributed by atoms with Gasteiger partial charge in [0.25, 0.3) is 5.91 Å². The van der Waals surface area contributed by atoms with Gasteiger partial charge < -0.3 is 15.5 Å². The monoisotopic (exact) mass is 330 g/mol. The first-order chi connectivity index (χ1) is 11.6. The average Bonchev–Trinajstić information content (AvgIpc) is 2.59. The molecule has 1 amide bonds. The molecule has 1 aromatic carbocycles. The largest absolute Gasteiger partial charge is 0.357 e. The highest BCUT2D eigenvalue weighted by Gasteiger charge is 2.19. The van der Waals surface area contributed by atoms with Gasteiger partial charge in [-0.25, -0.2) is 4.99 Å². The second-order valence-corrected chi connectivity index (χ2v) is 6.42. The Balaban J connectivity index is 2.01. The number of hydrogen-bond donors (Lipinski definition) is 2. The van der Waals surface area contributed by atoms with Gasteiger partial charge in [0.05, 0.1) is 6.54 Å². The fourth-order valence-electron chi connectivity index (χ4n) is 3.00. The smallest absolute Gasteiger partial charge is 0.251 e. The highest BCUT2D eigenvalue weighted by Crippen LogP contribution is 2.16. The minimum atomic E-state index is -0.0248. The van der Waals surface area contributed by atoms with E-state index in [1.165, 1.54) is 12.8 Å². The lowest BCUT2D eigenvalue weighted by Crippen LogP contribution is -2.46. The van der Waals surface area contributed by atoms with E-state index in [-0.39, 0.29) is 5.91 Å². The number of benzene rings is 1. The van der Waals surface area contributed by atoms with E-state index in [4.69, 9.17) is 4.99 Å². The van der Waals surface area contributed by atoms with Crippen molar-refractivity contribution in [3.63, 3.8) is 0 Å². The number of hydrogen-bond acceptors (Lipinski definition) is 2. The second-order valence-electron chi connectivity index (χ2n) is 6.42. The van der Waals surface area contributed by atoms with Crippen molar-refractivity contribution in [1.82, 2.24) is 15.5 Å². The van der Waals surface area contributed by atoms with Gasteiger partial charge >= 0.3 is 0 Å². The van der Waals surface area contributed by atoms with Crippen LogP contribution in [-0.4, -0.2) is 42.9 Å². The van der Waals surface area contributed by atoms with E-state index in [9.17, 15) is 4.79 Å². The van der Waals surface area contributed by atoms with Crippen molar-refractivity contribution in [3.8, 4) is 0 Å². The molecule has 1 aliphatic rings. The number of amides is 1. The molecule has 1 fully saturated rings. The van der Waals surface area contributed by atoms with Crippen LogP contribution in [-0.2, 0) is 6.54 Å². The predicted molar refractivity (Wildman–Crippen MR) is 99.2 cm³/mol. The minimum absolute atomic E-state index is 0.0248. The van der Waals surface area contributed by atoms with Crippen LogP contribution in [0.15, 0.2) is 29.3 Å². The summed E-state index contributed by atoms with van der Waals surface area (Å²) in [7, 11) is 0. The van der Waals surface area contributed by atoms with Gasteiger partial charge in [-0.05, 0) is 50.3 Å². The third-order valence-corrected chi connectivity index (χ3v) is 4.26. The van der Waals surface area contributed by atoms with Gasteiger partial charge in [0.15, 0.2) is 5.96 Å². The van der Waals surface area contributed by atoms with Crippen LogP contribution >= 0.6 is 0 Å². The zero-order valence-electron chi connectivity index (χ0n) is 15.1. The summed E-state index contributed by atoms with van der Waals surface area (Å²) in [6.45, 7) is 10.6. The number of guanidine groups is 1. The standard InChI is InChI=1S/C19H30N4O/c1-4-20-18(24)17-10-8-16(9-11-17)13-22-19(21-5-2)23-12-6-7-15(3)14-23/h8-11,15H,4-7,12-14H2,1-3H3,(H,20,24)(H,21,22). The molecule has 0 bridgehead atoms. The Morgan fingerprint density at radius 1 is 1.21 bits per heavy atom. The lowest BCUT2D eigenvalue weighted by Gasteiger charge is -2.33. The first-order valence-electron chi connectivity index (χ1n) is 9.04. The van der Waals surface area contributed by atoms with Crippen LogP contribution in [0.1, 0.15) is 49.5 Å². The zero-order chi connectivity index (χ0) is 17.4. The van der Waals surface area contributed by atoms with Crippen LogP contribution in [0.3, 0.4) is 0 Å². The van der Waals surface area contributed by atoms with E-state index in [1.54, 1.807) is 0 Å². The Kier molecular flexibility index (Phi) is 7.09. The van der Waals surface area contributed by atoms with E-state index < -0.39 is 0 Å². The first kappa shape index (κ1) is 18.3. The summed E-state index contributed by atoms with van der Waals surface area (Å²) < 4.78 is 0. The lowest BCUT2D eigenvalue weighted by atomic mass is 10.0. The Morgan fingerprint density at radius 3 is 2.54 bits per heavy atom. The molecule has 2 rings (SSSR count). The van der Waals surface area contributed by atoms with Gasteiger partial charge in [-0.3, -0.25) is 4.79 Å². The highest BCUT2D eigenvalue weighted by atomic mass is 16.1. The third kappa shape index (κ3) is 5.25. The van der Waals surface area contributed by atoms with Gasteiger partial charge in [-0.2, -0.15) is 0 Å². The molecule has 1 saturated heterocycles. The Labute approximate surface area is 145 Å². The Morgan fingerprint density at radius 2 is 1.92 bits per heavy atom. The molecule has 1 aliphatic heterocycles. The molecule has 0 radical (unpaired) electrons. The maximum absolute atomic E-state index is 11.8. The molecule has 0 aromatic heterocycles. The molecule has 2 N–H and O–H groups in total. The number of nitrogens with zero attached hydrogens (tertiary/aromatic N) is 2. The molecule has 1 aromatic rings. The van der Waals surface area contributed by atoms with Gasteiger partial charge in [0.1, 0.15) is 0 Å². The fourth-order valence-corrected chi connectivity index (χ4v) is 3.00. The van der Waals surface area contributed by atoms with E-state index in [2.05, 4.69) is 29.4 Å². The van der Waals surface area contributed by atoms with Crippen LogP contribution in [0.4, 0.5) is 0 Å². The summed E-state index contributed by atoms with van der Waals surface area (Å²) in [4.78, 5) is 18.9. The topological polar surface area (TPSA) is 56.7 Å². The van der Waals surface area contributed by atoms with Gasteiger partial charge in [0, 0.05) is 31.7 Å². The van der Waals surface area contributed by atoms with Crippen molar-refractivity contribution in [2.75, 3.05) is 26.2 Å². The van der Waals surface area contributed by atoms with Gasteiger partial charge in [-0.1, -0.05) is 19.1 Å². The molecule has 5 nitrogen and oxygen atoms in total. The summed E-state index contributed by atoms with van der Waals surface area (Å²) in [5, 5.41) is 6.21. The Hall–Kier alpha value is -2.04. The van der Waals surface area contributed by atoms with Crippen molar-refractivity contribution >= 4 is 11.9 Å². The normalized spacial score (nSPS) is 18.4. The molecule has 24 heavy (non-hydrogen) atoms. The molecule has 132 valence electrons. The van der Waals surface area contributed by atoms with Crippen LogP contribution in [0, 0.1) is 5.92 Å². The number of carbonyl (C=O) groups is 1. The van der Waals surface area contributed by atoms with Gasteiger partial charge in [-0.15, -0.1) is 0 Å². The molecule has 0 aliphatic carbocycles. The first-order valence-corrected chi connectivity index (χ1v) is 9.04. The van der Waals surface area contributed by atoms with Crippen molar-refractivity contribution in [2.45, 2.75) is 40.2 Å². The van der Waals surface area contributed by atoms with Crippen molar-refractivity contribution in [3.05, 3.63) is 35.4 Å². The summed E-state index contributed by atoms with van der Waals surface area (Å²) in [5.74, 6) is 1.69. The van der Waals surface area contributed by atoms with Crippen molar-refractivity contribution < 1.29 is 4.79 Å². The third-order valence-electron chi connectivity index (χ3n) is 4.26. The molecule has 5 heteroatoms. The molecule has 1 atom stereocenters. The predicted octanol–water partition coefficient (Wildman–Crippen LogP) is 2.63. The number of rotatable bonds is 5. The van der Waals surface area contributed by atoms with Crippen LogP contribution in [0.25, 0.3) is 0 Å². The zero-order valence-corrected chi connectivity index (χ0v) is 15.1. The number of carbonyl (C=O) groups excluding carboxylic acids is 1. The number of nitrogens with one attached hydrogen (secondary N) is 2. The molecule has 1 heterocycles. The number of likely N-dealkylation sites (tertiary alicyclic amines) is 1. The fraction of sp³-hybridized carbons (Fsp3) is 0.579. The summed E-state index contributed by atoms with van der Waals surface area (Å²) in [5.41, 5.74) is 1.81. The SMILES string of the molecule is CCNC(=O)c1ccc(CN=C(NCC)N2CCCC(C)C2)cc1. The van der Waals surface area contributed by atoms with Crippen molar-refractivity contribution in [1.29, 1.82) is 0 Å². The van der Waals surface area contributed by atoms with Crippen LogP contribution < -0.4 is 10.6 Å². The Bertz CT molecular complexity index is 553. The molecular weight excluding hydrogens is 300 g/mol. The van der Waals surface area contributed by atoms with Crippen molar-refractivity contribution in [2.24, 2.45) is 10.9 Å². The van der Waals surface area contributed by atoms with E-state index in [0.29, 0.717) is 18.7 Å². The van der Waals surface area contributed by atoms with Crippen LogP contribution in [0.2, 0.25) is 0 Å². The molecule has 1 unspecified atom stereocenters. The summed E-state index contributed by atoms with van der Waals surface area (Å²) >= 11 is 0. The quantitative estimate of drug-likeness (QED) is 0.644. The minimum Gasteiger partial charge on any atom is -0.357 e. The second kappa shape index (κ2) is 9.30. The van der Waals surface area contributed by atoms with E-state index >= 15 is 0 Å². The molecule has 0 saturated carbocycles. The van der Waals surface area contributed by atoms with Crippen LogP contribution in [0.5, 0.6) is 0 Å². The highest BCUT2D eigenvalue weighted by molar-refractivity contribution is 5.94. The maximum atomic E-state index is 11.8. The van der Waals surface area contributed by atoms with E-state index in [0.717, 1.165) is 37.1 Å². The maximum Gasteiger partial charge on any atom is 0.251 e. The number of aliphatic imine (C=N–C) groups is 1. The average molecular weight is 330 g/mol. The molecular formula is C19H30N4O. The molecule has 0 spiro atoms.